The van der Waals surface area contributed by atoms with Crippen LogP contribution < -0.4 is 9.21 Å². The molecule has 1 aliphatic rings. The predicted molar refractivity (Wildman–Crippen MR) is 129 cm³/mol. The van der Waals surface area contributed by atoms with E-state index in [1.54, 1.807) is 17.0 Å². The van der Waals surface area contributed by atoms with Gasteiger partial charge in [0.05, 0.1) is 10.6 Å². The molecule has 1 amide bonds. The van der Waals surface area contributed by atoms with E-state index >= 15 is 0 Å². The van der Waals surface area contributed by atoms with Crippen molar-refractivity contribution in [1.82, 2.24) is 0 Å². The number of carbonyl (C=O) groups excluding carboxylic acids is 1. The van der Waals surface area contributed by atoms with Gasteiger partial charge in [0.2, 0.25) is 5.91 Å². The normalized spacial score (nSPS) is 13.5. The zero-order valence-electron chi connectivity index (χ0n) is 17.5. The van der Waals surface area contributed by atoms with Crippen LogP contribution in [0.25, 0.3) is 0 Å². The topological polar surface area (TPSA) is 57.7 Å². The van der Waals surface area contributed by atoms with Crippen LogP contribution in [0, 0.1) is 6.92 Å². The Bertz CT molecular complexity index is 1240. The Morgan fingerprint density at radius 1 is 1.00 bits per heavy atom. The van der Waals surface area contributed by atoms with Gasteiger partial charge in [-0.2, -0.15) is 0 Å². The predicted octanol–water partition coefficient (Wildman–Crippen LogP) is 5.48. The maximum atomic E-state index is 13.6. The number of halogens is 2. The number of nitrogens with zero attached hydrogens (tertiary/aromatic N) is 2. The first-order valence-electron chi connectivity index (χ1n) is 10.2. The zero-order valence-corrected chi connectivity index (χ0v) is 19.8. The molecule has 8 heteroatoms. The fourth-order valence-electron chi connectivity index (χ4n) is 3.84. The molecule has 166 valence electrons. The molecule has 5 nitrogen and oxygen atoms in total. The summed E-state index contributed by atoms with van der Waals surface area (Å²) >= 11 is 12.3. The van der Waals surface area contributed by atoms with Crippen molar-refractivity contribution in [3.8, 4) is 0 Å². The van der Waals surface area contributed by atoms with E-state index in [0.717, 1.165) is 34.0 Å². The van der Waals surface area contributed by atoms with E-state index in [0.29, 0.717) is 6.54 Å². The highest BCUT2D eigenvalue weighted by Crippen LogP contribution is 2.31. The number of aryl methyl sites for hydroxylation is 2. The molecular formula is C24H22Cl2N2O3S. The number of carbonyl (C=O) groups is 1. The summed E-state index contributed by atoms with van der Waals surface area (Å²) in [6.07, 6.45) is 1.70. The number of para-hydroxylation sites is 1. The lowest BCUT2D eigenvalue weighted by Crippen LogP contribution is -2.45. The van der Waals surface area contributed by atoms with Crippen LogP contribution in [0.4, 0.5) is 11.4 Å². The van der Waals surface area contributed by atoms with Crippen molar-refractivity contribution in [3.63, 3.8) is 0 Å². The largest absolute Gasteiger partial charge is 0.311 e. The fraction of sp³-hybridized carbons (Fsp3) is 0.208. The highest BCUT2D eigenvalue weighted by Gasteiger charge is 2.31. The molecule has 0 N–H and O–H groups in total. The molecule has 0 unspecified atom stereocenters. The van der Waals surface area contributed by atoms with Crippen molar-refractivity contribution < 1.29 is 13.2 Å². The van der Waals surface area contributed by atoms with Crippen LogP contribution in [0.15, 0.2) is 71.6 Å². The van der Waals surface area contributed by atoms with Gasteiger partial charge in [-0.1, -0.05) is 59.1 Å². The molecule has 0 atom stereocenters. The Kier molecular flexibility index (Phi) is 6.47. The molecule has 0 fully saturated rings. The molecule has 3 aromatic rings. The Balaban J connectivity index is 1.75. The van der Waals surface area contributed by atoms with E-state index in [-0.39, 0.29) is 33.1 Å². The van der Waals surface area contributed by atoms with Crippen molar-refractivity contribution >= 4 is 50.5 Å². The highest BCUT2D eigenvalue weighted by atomic mass is 35.5. The molecule has 0 bridgehead atoms. The first kappa shape index (κ1) is 22.6. The zero-order chi connectivity index (χ0) is 22.9. The second kappa shape index (κ2) is 9.14. The molecular weight excluding hydrogens is 467 g/mol. The summed E-state index contributed by atoms with van der Waals surface area (Å²) < 4.78 is 28.3. The molecule has 0 aliphatic carbocycles. The highest BCUT2D eigenvalue weighted by molar-refractivity contribution is 7.92. The smallest absolute Gasteiger partial charge is 0.264 e. The molecule has 4 rings (SSSR count). The number of sulfonamides is 1. The second-order valence-electron chi connectivity index (χ2n) is 7.73. The fourth-order valence-corrected chi connectivity index (χ4v) is 5.75. The SMILES string of the molecule is Cc1ccc(S(=O)(=O)N(CC(=O)N2CCCc3ccccc32)c2cc(Cl)cc(Cl)c2)cc1. The third kappa shape index (κ3) is 4.63. The quantitative estimate of drug-likeness (QED) is 0.477. The number of hydrogen-bond donors (Lipinski definition) is 0. The van der Waals surface area contributed by atoms with Gasteiger partial charge in [-0.3, -0.25) is 9.10 Å². The molecule has 0 radical (unpaired) electrons. The molecule has 3 aromatic carbocycles. The minimum absolute atomic E-state index is 0.0889. The molecule has 0 spiro atoms. The van der Waals surface area contributed by atoms with E-state index in [4.69, 9.17) is 23.2 Å². The van der Waals surface area contributed by atoms with E-state index in [2.05, 4.69) is 0 Å². The minimum atomic E-state index is -4.05. The maximum Gasteiger partial charge on any atom is 0.264 e. The van der Waals surface area contributed by atoms with Gasteiger partial charge in [0, 0.05) is 22.3 Å². The van der Waals surface area contributed by atoms with Crippen LogP contribution >= 0.6 is 23.2 Å². The first-order valence-corrected chi connectivity index (χ1v) is 12.4. The molecule has 1 heterocycles. The van der Waals surface area contributed by atoms with Gasteiger partial charge in [0.1, 0.15) is 6.54 Å². The molecule has 0 saturated carbocycles. The van der Waals surface area contributed by atoms with E-state index < -0.39 is 10.0 Å². The molecule has 0 saturated heterocycles. The van der Waals surface area contributed by atoms with Crippen molar-refractivity contribution in [2.45, 2.75) is 24.7 Å². The number of amides is 1. The average molecular weight is 489 g/mol. The number of fused-ring (bicyclic) bond motifs is 1. The van der Waals surface area contributed by atoms with Gasteiger partial charge in [-0.15, -0.1) is 0 Å². The Morgan fingerprint density at radius 2 is 1.66 bits per heavy atom. The van der Waals surface area contributed by atoms with Gasteiger partial charge in [0.25, 0.3) is 10.0 Å². The Labute approximate surface area is 198 Å². The summed E-state index contributed by atoms with van der Waals surface area (Å²) in [5.41, 5.74) is 3.07. The van der Waals surface area contributed by atoms with Crippen LogP contribution in [-0.4, -0.2) is 27.4 Å². The number of anilines is 2. The molecule has 0 aromatic heterocycles. The van der Waals surface area contributed by atoms with Crippen molar-refractivity contribution in [1.29, 1.82) is 0 Å². The Morgan fingerprint density at radius 3 is 2.34 bits per heavy atom. The van der Waals surface area contributed by atoms with Crippen LogP contribution in [0.1, 0.15) is 17.5 Å². The lowest BCUT2D eigenvalue weighted by molar-refractivity contribution is -0.117. The van der Waals surface area contributed by atoms with Gasteiger partial charge >= 0.3 is 0 Å². The summed E-state index contributed by atoms with van der Waals surface area (Å²) in [5, 5.41) is 0.569. The van der Waals surface area contributed by atoms with Crippen LogP contribution in [0.3, 0.4) is 0 Å². The lowest BCUT2D eigenvalue weighted by atomic mass is 10.0. The summed E-state index contributed by atoms with van der Waals surface area (Å²) in [6, 6.07) is 18.7. The summed E-state index contributed by atoms with van der Waals surface area (Å²) in [7, 11) is -4.05. The van der Waals surface area contributed by atoms with E-state index in [1.165, 1.54) is 30.3 Å². The van der Waals surface area contributed by atoms with Crippen molar-refractivity contribution in [2.24, 2.45) is 0 Å². The first-order chi connectivity index (χ1) is 15.3. The van der Waals surface area contributed by atoms with Crippen LogP contribution in [-0.2, 0) is 21.2 Å². The summed E-state index contributed by atoms with van der Waals surface area (Å²) in [6.45, 7) is 2.04. The van der Waals surface area contributed by atoms with Gasteiger partial charge in [-0.05, 0) is 61.7 Å². The maximum absolute atomic E-state index is 13.6. The number of hydrogen-bond acceptors (Lipinski definition) is 3. The summed E-state index contributed by atoms with van der Waals surface area (Å²) in [4.78, 5) is 15.1. The Hall–Kier alpha value is -2.54. The van der Waals surface area contributed by atoms with E-state index in [9.17, 15) is 13.2 Å². The van der Waals surface area contributed by atoms with Gasteiger partial charge < -0.3 is 4.90 Å². The van der Waals surface area contributed by atoms with Crippen molar-refractivity contribution in [3.05, 3.63) is 87.9 Å². The second-order valence-corrected chi connectivity index (χ2v) is 10.5. The molecule has 32 heavy (non-hydrogen) atoms. The van der Waals surface area contributed by atoms with Gasteiger partial charge in [-0.25, -0.2) is 8.42 Å². The van der Waals surface area contributed by atoms with E-state index in [1.807, 2.05) is 31.2 Å². The number of rotatable bonds is 5. The monoisotopic (exact) mass is 488 g/mol. The standard InChI is InChI=1S/C24H22Cl2N2O3S/c1-17-8-10-22(11-9-17)32(30,31)28(21-14-19(25)13-20(26)15-21)16-24(29)27-12-4-6-18-5-2-3-7-23(18)27/h2-3,5,7-11,13-15H,4,6,12,16H2,1H3. The average Bonchev–Trinajstić information content (AvgIpc) is 2.76. The number of benzene rings is 3. The van der Waals surface area contributed by atoms with Gasteiger partial charge in [0.15, 0.2) is 0 Å². The molecule has 1 aliphatic heterocycles. The minimum Gasteiger partial charge on any atom is -0.311 e. The third-order valence-electron chi connectivity index (χ3n) is 5.43. The lowest BCUT2D eigenvalue weighted by Gasteiger charge is -2.32. The van der Waals surface area contributed by atoms with Crippen LogP contribution in [0.2, 0.25) is 10.0 Å². The van der Waals surface area contributed by atoms with Crippen molar-refractivity contribution in [2.75, 3.05) is 22.3 Å². The summed E-state index contributed by atoms with van der Waals surface area (Å²) in [5.74, 6) is -0.316. The van der Waals surface area contributed by atoms with Crippen LogP contribution in [0.5, 0.6) is 0 Å². The third-order valence-corrected chi connectivity index (χ3v) is 7.66.